The summed E-state index contributed by atoms with van der Waals surface area (Å²) in [7, 11) is -6.75. The maximum Gasteiger partial charge on any atom is 0.240 e. The van der Waals surface area contributed by atoms with Crippen LogP contribution in [0.3, 0.4) is 0 Å². The number of para-hydroxylation sites is 4. The van der Waals surface area contributed by atoms with Gasteiger partial charge in [0.25, 0.3) is 0 Å². The van der Waals surface area contributed by atoms with Gasteiger partial charge in [0, 0.05) is 27.1 Å². The molecule has 14 rings (SSSR count). The summed E-state index contributed by atoms with van der Waals surface area (Å²) in [5.74, 6) is 1.68. The van der Waals surface area contributed by atoms with E-state index in [1.807, 2.05) is 0 Å². The minimum Gasteiger partial charge on any atom is -0.278 e. The molecule has 0 spiro atoms. The fraction of sp³-hybridized carbons (Fsp3) is 0. The van der Waals surface area contributed by atoms with E-state index < -0.39 is 16.1 Å². The SMILES string of the molecule is c1ccc([Si](c2ccccc2)(c2ccccc2)c2cccc([Si](c3ccccc3)(c3ccccc3)c3ccccc3)c2-c2nc(-n3c4ccccc4c4ccccc43)nc(-n3c4ccccc4c4ccccc43)n2)cc1. The number of nitrogens with zero attached hydrogens (tertiary/aromatic N) is 5. The van der Waals surface area contributed by atoms with Gasteiger partial charge in [-0.05, 0) is 65.8 Å². The summed E-state index contributed by atoms with van der Waals surface area (Å²) in [5.41, 5.74) is 5.09. The molecule has 11 aromatic carbocycles. The van der Waals surface area contributed by atoms with Crippen molar-refractivity contribution >= 4 is 101 Å². The third-order valence-electron chi connectivity index (χ3n) is 15.5. The number of rotatable bonds is 11. The van der Waals surface area contributed by atoms with E-state index in [2.05, 4.69) is 306 Å². The number of fused-ring (bicyclic) bond motifs is 6. The number of hydrogen-bond acceptors (Lipinski definition) is 3. The van der Waals surface area contributed by atoms with Crippen molar-refractivity contribution < 1.29 is 0 Å². The summed E-state index contributed by atoms with van der Waals surface area (Å²) in [5, 5.41) is 14.5. The van der Waals surface area contributed by atoms with E-state index in [1.165, 1.54) is 41.5 Å². The van der Waals surface area contributed by atoms with Crippen LogP contribution >= 0.6 is 0 Å². The Morgan fingerprint density at radius 1 is 0.224 bits per heavy atom. The van der Waals surface area contributed by atoms with Gasteiger partial charge >= 0.3 is 0 Å². The Bertz CT molecular complexity index is 3820. The largest absolute Gasteiger partial charge is 0.278 e. The van der Waals surface area contributed by atoms with Gasteiger partial charge in [-0.15, -0.1) is 0 Å². The van der Waals surface area contributed by atoms with Crippen molar-refractivity contribution in [2.75, 3.05) is 0 Å². The van der Waals surface area contributed by atoms with Gasteiger partial charge in [-0.25, -0.2) is 0 Å². The Hall–Kier alpha value is -9.54. The van der Waals surface area contributed by atoms with E-state index in [9.17, 15) is 0 Å². The zero-order chi connectivity index (χ0) is 50.5. The molecular formula is C69H49N5Si2. The molecule has 0 unspecified atom stereocenters. The lowest BCUT2D eigenvalue weighted by atomic mass is 10.2. The van der Waals surface area contributed by atoms with Crippen molar-refractivity contribution in [2.24, 2.45) is 0 Å². The molecule has 0 aliphatic rings. The molecule has 0 amide bonds. The van der Waals surface area contributed by atoms with Gasteiger partial charge in [0.2, 0.25) is 11.9 Å². The summed E-state index contributed by atoms with van der Waals surface area (Å²) in [4.78, 5) is 17.7. The molecule has 3 aromatic heterocycles. The van der Waals surface area contributed by atoms with Crippen LogP contribution in [-0.2, 0) is 0 Å². The van der Waals surface area contributed by atoms with Crippen molar-refractivity contribution in [1.29, 1.82) is 0 Å². The first-order valence-corrected chi connectivity index (χ1v) is 30.0. The Balaban J connectivity index is 1.24. The summed E-state index contributed by atoms with van der Waals surface area (Å²) in [6.07, 6.45) is 0. The molecule has 0 radical (unpaired) electrons. The van der Waals surface area contributed by atoms with Crippen LogP contribution in [0.4, 0.5) is 0 Å². The van der Waals surface area contributed by atoms with Gasteiger partial charge in [0.15, 0.2) is 22.0 Å². The van der Waals surface area contributed by atoms with Crippen molar-refractivity contribution in [2.45, 2.75) is 0 Å². The number of aromatic nitrogens is 5. The molecule has 0 saturated carbocycles. The van der Waals surface area contributed by atoms with Gasteiger partial charge in [0.05, 0.1) is 22.1 Å². The first-order valence-electron chi connectivity index (χ1n) is 26.0. The summed E-state index contributed by atoms with van der Waals surface area (Å²) in [6, 6.07) is 109. The first kappa shape index (κ1) is 45.1. The summed E-state index contributed by atoms with van der Waals surface area (Å²) in [6.45, 7) is 0. The third kappa shape index (κ3) is 7.01. The Kier molecular flexibility index (Phi) is 11.1. The Labute approximate surface area is 443 Å². The molecule has 0 atom stereocenters. The van der Waals surface area contributed by atoms with Crippen LogP contribution in [-0.4, -0.2) is 40.2 Å². The second kappa shape index (κ2) is 18.7. The molecule has 0 aliphatic carbocycles. The zero-order valence-electron chi connectivity index (χ0n) is 41.5. The van der Waals surface area contributed by atoms with Crippen LogP contribution in [0.1, 0.15) is 0 Å². The average molecular weight is 1000 g/mol. The van der Waals surface area contributed by atoms with E-state index in [0.717, 1.165) is 49.2 Å². The van der Waals surface area contributed by atoms with Crippen molar-refractivity contribution in [3.8, 4) is 23.3 Å². The topological polar surface area (TPSA) is 48.5 Å². The number of hydrogen-bond donors (Lipinski definition) is 0. The van der Waals surface area contributed by atoms with E-state index >= 15 is 0 Å². The van der Waals surface area contributed by atoms with Crippen LogP contribution in [0, 0.1) is 0 Å². The highest BCUT2D eigenvalue weighted by Gasteiger charge is 2.49. The lowest BCUT2D eigenvalue weighted by Gasteiger charge is -2.40. The van der Waals surface area contributed by atoms with E-state index in [-0.39, 0.29) is 0 Å². The van der Waals surface area contributed by atoms with Gasteiger partial charge < -0.3 is 0 Å². The average Bonchev–Trinajstić information content (AvgIpc) is 4.16. The van der Waals surface area contributed by atoms with Gasteiger partial charge in [-0.2, -0.15) is 15.0 Å². The fourth-order valence-electron chi connectivity index (χ4n) is 12.4. The van der Waals surface area contributed by atoms with Crippen LogP contribution in [0.15, 0.2) is 297 Å². The molecule has 5 nitrogen and oxygen atoms in total. The lowest BCUT2D eigenvalue weighted by molar-refractivity contribution is 0.893. The molecular weight excluding hydrogens is 955 g/mol. The third-order valence-corrected chi connectivity index (χ3v) is 25.2. The molecule has 76 heavy (non-hydrogen) atoms. The molecule has 0 fully saturated rings. The van der Waals surface area contributed by atoms with E-state index in [0.29, 0.717) is 17.7 Å². The fourth-order valence-corrected chi connectivity index (χ4v) is 22.5. The number of benzene rings is 11. The second-order valence-electron chi connectivity index (χ2n) is 19.4. The minimum absolute atomic E-state index is 0.540. The quantitative estimate of drug-likeness (QED) is 0.0958. The van der Waals surface area contributed by atoms with Crippen LogP contribution in [0.2, 0.25) is 0 Å². The van der Waals surface area contributed by atoms with Crippen LogP contribution in [0.5, 0.6) is 0 Å². The molecule has 7 heteroatoms. The monoisotopic (exact) mass is 1000 g/mol. The molecule has 0 saturated heterocycles. The van der Waals surface area contributed by atoms with E-state index in [4.69, 9.17) is 15.0 Å². The van der Waals surface area contributed by atoms with Crippen molar-refractivity contribution in [1.82, 2.24) is 24.1 Å². The highest BCUT2D eigenvalue weighted by atomic mass is 28.3. The Morgan fingerprint density at radius 2 is 0.461 bits per heavy atom. The standard InChI is InChI=1S/C69H49N5Si2/c1-7-28-50(29-8-1)75(51-30-9-2-10-31-51,52-32-11-3-12-33-52)64-48-27-49-65(76(53-34-13-4-14-35-53,54-36-15-5-16-37-54)55-38-17-6-18-39-55)66(64)67-70-68(73-60-44-23-19-40-56(60)57-41-20-24-45-61(57)73)72-69(71-67)74-62-46-25-21-42-58(62)59-43-22-26-47-63(59)74/h1-49H. The normalized spacial score (nSPS) is 11.9. The predicted molar refractivity (Wildman–Crippen MR) is 321 cm³/mol. The highest BCUT2D eigenvalue weighted by Crippen LogP contribution is 2.35. The molecule has 0 aliphatic heterocycles. The molecule has 14 aromatic rings. The van der Waals surface area contributed by atoms with E-state index in [1.54, 1.807) is 0 Å². The van der Waals surface area contributed by atoms with Crippen LogP contribution in [0.25, 0.3) is 66.9 Å². The summed E-state index contributed by atoms with van der Waals surface area (Å²) >= 11 is 0. The molecule has 358 valence electrons. The van der Waals surface area contributed by atoms with Gasteiger partial charge in [-0.3, -0.25) is 9.13 Å². The molecule has 0 N–H and O–H groups in total. The lowest BCUT2D eigenvalue weighted by Crippen LogP contribution is -2.78. The van der Waals surface area contributed by atoms with Gasteiger partial charge in [0.1, 0.15) is 0 Å². The van der Waals surface area contributed by atoms with Crippen molar-refractivity contribution in [3.05, 3.63) is 297 Å². The predicted octanol–water partition coefficient (Wildman–Crippen LogP) is 10.5. The Morgan fingerprint density at radius 3 is 0.724 bits per heavy atom. The highest BCUT2D eigenvalue weighted by molar-refractivity contribution is 7.23. The second-order valence-corrected chi connectivity index (χ2v) is 27.0. The van der Waals surface area contributed by atoms with Crippen molar-refractivity contribution in [3.63, 3.8) is 0 Å². The first-order chi connectivity index (χ1) is 37.7. The summed E-state index contributed by atoms with van der Waals surface area (Å²) < 4.78 is 4.50. The maximum atomic E-state index is 6.00. The maximum absolute atomic E-state index is 6.00. The van der Waals surface area contributed by atoms with Gasteiger partial charge in [-0.1, -0.05) is 273 Å². The smallest absolute Gasteiger partial charge is 0.240 e. The van der Waals surface area contributed by atoms with Crippen LogP contribution < -0.4 is 41.5 Å². The molecule has 3 heterocycles. The zero-order valence-corrected chi connectivity index (χ0v) is 43.5. The molecule has 0 bridgehead atoms. The minimum atomic E-state index is -3.37.